The maximum atomic E-state index is 14.3. The Morgan fingerprint density at radius 1 is 1.28 bits per heavy atom. The molecule has 1 amide bonds. The number of amides is 1. The molecule has 1 aromatic heterocycles. The number of hydrogen-bond donors (Lipinski definition) is 2. The van der Waals surface area contributed by atoms with Crippen LogP contribution in [0.25, 0.3) is 11.3 Å². The van der Waals surface area contributed by atoms with Crippen LogP contribution in [0.4, 0.5) is 14.5 Å². The summed E-state index contributed by atoms with van der Waals surface area (Å²) < 4.78 is 32.5. The summed E-state index contributed by atoms with van der Waals surface area (Å²) in [5.74, 6) is -2.43. The van der Waals surface area contributed by atoms with Gasteiger partial charge < -0.3 is 19.7 Å². The third-order valence-corrected chi connectivity index (χ3v) is 4.40. The summed E-state index contributed by atoms with van der Waals surface area (Å²) in [5.41, 5.74) is 0.644. The highest BCUT2D eigenvalue weighted by Crippen LogP contribution is 2.27. The molecule has 0 saturated carbocycles. The SMILES string of the molecule is Cn1c(-c2ccc(OCF)cc2F)cnc1C(=O)Nc1ccc(C(=O)O)c(Cl)c1. The number of benzene rings is 2. The number of carboxylic acid groups (broad SMARTS) is 1. The highest BCUT2D eigenvalue weighted by Gasteiger charge is 2.19. The molecule has 150 valence electrons. The van der Waals surface area contributed by atoms with Gasteiger partial charge in [0.2, 0.25) is 6.86 Å². The number of rotatable bonds is 6. The van der Waals surface area contributed by atoms with Gasteiger partial charge in [-0.1, -0.05) is 11.6 Å². The van der Waals surface area contributed by atoms with Crippen molar-refractivity contribution in [2.75, 3.05) is 12.2 Å². The van der Waals surface area contributed by atoms with E-state index in [-0.39, 0.29) is 33.4 Å². The van der Waals surface area contributed by atoms with E-state index in [1.807, 2.05) is 0 Å². The highest BCUT2D eigenvalue weighted by molar-refractivity contribution is 6.33. The quantitative estimate of drug-likeness (QED) is 0.624. The Labute approximate surface area is 168 Å². The number of carbonyl (C=O) groups excluding carboxylic acids is 1. The van der Waals surface area contributed by atoms with E-state index in [0.717, 1.165) is 6.07 Å². The highest BCUT2D eigenvalue weighted by atomic mass is 35.5. The first-order valence-electron chi connectivity index (χ1n) is 8.16. The zero-order chi connectivity index (χ0) is 21.1. The van der Waals surface area contributed by atoms with E-state index in [2.05, 4.69) is 15.0 Å². The number of anilines is 1. The normalized spacial score (nSPS) is 10.6. The maximum Gasteiger partial charge on any atom is 0.337 e. The van der Waals surface area contributed by atoms with Crippen molar-refractivity contribution in [2.24, 2.45) is 7.05 Å². The molecule has 0 unspecified atom stereocenters. The summed E-state index contributed by atoms with van der Waals surface area (Å²) in [6, 6.07) is 7.78. The minimum atomic E-state index is -1.19. The van der Waals surface area contributed by atoms with Gasteiger partial charge in [0.05, 0.1) is 22.5 Å². The van der Waals surface area contributed by atoms with Crippen LogP contribution in [-0.4, -0.2) is 33.4 Å². The Morgan fingerprint density at radius 3 is 2.66 bits per heavy atom. The van der Waals surface area contributed by atoms with E-state index < -0.39 is 24.6 Å². The van der Waals surface area contributed by atoms with Gasteiger partial charge in [0.25, 0.3) is 5.91 Å². The number of alkyl halides is 1. The fourth-order valence-corrected chi connectivity index (χ4v) is 2.94. The van der Waals surface area contributed by atoms with Gasteiger partial charge >= 0.3 is 5.97 Å². The molecule has 3 rings (SSSR count). The van der Waals surface area contributed by atoms with E-state index in [4.69, 9.17) is 16.7 Å². The van der Waals surface area contributed by atoms with E-state index in [1.54, 1.807) is 0 Å². The molecule has 0 aliphatic heterocycles. The van der Waals surface area contributed by atoms with Crippen LogP contribution >= 0.6 is 11.6 Å². The van der Waals surface area contributed by atoms with Crippen LogP contribution in [0.3, 0.4) is 0 Å². The lowest BCUT2D eigenvalue weighted by molar-refractivity contribution is 0.0697. The average molecular weight is 422 g/mol. The first-order chi connectivity index (χ1) is 13.8. The third kappa shape index (κ3) is 4.19. The number of halogens is 3. The molecule has 1 heterocycles. The Kier molecular flexibility index (Phi) is 5.79. The van der Waals surface area contributed by atoms with Crippen LogP contribution in [0.15, 0.2) is 42.6 Å². The molecule has 0 bridgehead atoms. The first-order valence-corrected chi connectivity index (χ1v) is 8.54. The zero-order valence-corrected chi connectivity index (χ0v) is 15.7. The van der Waals surface area contributed by atoms with Gasteiger partial charge in [-0.2, -0.15) is 0 Å². The van der Waals surface area contributed by atoms with Gasteiger partial charge in [0, 0.05) is 24.4 Å². The van der Waals surface area contributed by atoms with Gasteiger partial charge in [0.15, 0.2) is 5.82 Å². The molecule has 3 aromatic rings. The second kappa shape index (κ2) is 8.27. The average Bonchev–Trinajstić information content (AvgIpc) is 3.03. The van der Waals surface area contributed by atoms with Crippen molar-refractivity contribution in [3.8, 4) is 17.0 Å². The molecule has 0 radical (unpaired) electrons. The van der Waals surface area contributed by atoms with Crippen molar-refractivity contribution in [1.29, 1.82) is 0 Å². The van der Waals surface area contributed by atoms with Gasteiger partial charge in [-0.05, 0) is 30.3 Å². The van der Waals surface area contributed by atoms with Crippen molar-refractivity contribution in [3.63, 3.8) is 0 Å². The van der Waals surface area contributed by atoms with Crippen LogP contribution in [0, 0.1) is 5.82 Å². The standard InChI is InChI=1S/C19H14ClF2N3O4/c1-25-16(13-5-3-11(29-9-21)7-15(13)22)8-23-17(25)18(26)24-10-2-4-12(19(27)28)14(20)6-10/h2-8H,9H2,1H3,(H,24,26)(H,27,28). The number of aromatic carboxylic acids is 1. The Bertz CT molecular complexity index is 1100. The first kappa shape index (κ1) is 20.3. The van der Waals surface area contributed by atoms with Crippen LogP contribution in [-0.2, 0) is 7.05 Å². The summed E-state index contributed by atoms with van der Waals surface area (Å²) in [5, 5.41) is 11.5. The second-order valence-electron chi connectivity index (χ2n) is 5.88. The molecule has 0 aliphatic rings. The number of imidazole rings is 1. The molecular weight excluding hydrogens is 408 g/mol. The molecule has 29 heavy (non-hydrogen) atoms. The fourth-order valence-electron chi connectivity index (χ4n) is 2.68. The molecule has 0 fully saturated rings. The lowest BCUT2D eigenvalue weighted by atomic mass is 10.1. The lowest BCUT2D eigenvalue weighted by Crippen LogP contribution is -2.17. The van der Waals surface area contributed by atoms with Crippen molar-refractivity contribution in [1.82, 2.24) is 9.55 Å². The van der Waals surface area contributed by atoms with Gasteiger partial charge in [-0.25, -0.2) is 18.6 Å². The lowest BCUT2D eigenvalue weighted by Gasteiger charge is -2.09. The van der Waals surface area contributed by atoms with Gasteiger partial charge in [-0.3, -0.25) is 4.79 Å². The van der Waals surface area contributed by atoms with Gasteiger partial charge in [-0.15, -0.1) is 0 Å². The Morgan fingerprint density at radius 2 is 2.03 bits per heavy atom. The fraction of sp³-hybridized carbons (Fsp3) is 0.105. The predicted octanol–water partition coefficient (Wildman–Crippen LogP) is 4.14. The molecule has 0 aliphatic carbocycles. The van der Waals surface area contributed by atoms with Crippen molar-refractivity contribution in [2.45, 2.75) is 0 Å². The molecule has 0 atom stereocenters. The molecule has 7 nitrogen and oxygen atoms in total. The number of carboxylic acids is 1. The molecule has 2 aromatic carbocycles. The minimum Gasteiger partial charge on any atom is -0.478 e. The van der Waals surface area contributed by atoms with Crippen LogP contribution < -0.4 is 10.1 Å². The van der Waals surface area contributed by atoms with E-state index in [9.17, 15) is 18.4 Å². The largest absolute Gasteiger partial charge is 0.478 e. The Balaban J connectivity index is 1.85. The van der Waals surface area contributed by atoms with Crippen molar-refractivity contribution >= 4 is 29.2 Å². The number of ether oxygens (including phenoxy) is 1. The number of carbonyl (C=O) groups is 2. The predicted molar refractivity (Wildman–Crippen MR) is 102 cm³/mol. The smallest absolute Gasteiger partial charge is 0.337 e. The summed E-state index contributed by atoms with van der Waals surface area (Å²) in [6.45, 7) is -1.08. The summed E-state index contributed by atoms with van der Waals surface area (Å²) >= 11 is 5.89. The summed E-state index contributed by atoms with van der Waals surface area (Å²) in [4.78, 5) is 27.5. The van der Waals surface area contributed by atoms with Crippen LogP contribution in [0.1, 0.15) is 21.0 Å². The van der Waals surface area contributed by atoms with Crippen molar-refractivity contribution in [3.05, 3.63) is 64.8 Å². The topological polar surface area (TPSA) is 93.5 Å². The summed E-state index contributed by atoms with van der Waals surface area (Å²) in [7, 11) is 1.53. The van der Waals surface area contributed by atoms with Gasteiger partial charge in [0.1, 0.15) is 11.6 Å². The number of nitrogens with zero attached hydrogens (tertiary/aromatic N) is 2. The molecule has 10 heteroatoms. The van der Waals surface area contributed by atoms with E-state index >= 15 is 0 Å². The van der Waals surface area contributed by atoms with E-state index in [1.165, 1.54) is 48.1 Å². The van der Waals surface area contributed by atoms with Crippen LogP contribution in [0.5, 0.6) is 5.75 Å². The zero-order valence-electron chi connectivity index (χ0n) is 14.9. The van der Waals surface area contributed by atoms with Crippen molar-refractivity contribution < 1.29 is 28.2 Å². The number of hydrogen-bond acceptors (Lipinski definition) is 4. The van der Waals surface area contributed by atoms with Crippen LogP contribution in [0.2, 0.25) is 5.02 Å². The van der Waals surface area contributed by atoms with E-state index in [0.29, 0.717) is 5.69 Å². The molecule has 0 saturated heterocycles. The monoisotopic (exact) mass is 421 g/mol. The number of nitrogens with one attached hydrogen (secondary N) is 1. The maximum absolute atomic E-state index is 14.3. The second-order valence-corrected chi connectivity index (χ2v) is 6.28. The number of aromatic nitrogens is 2. The molecular formula is C19H14ClF2N3O4. The molecule has 0 spiro atoms. The molecule has 2 N–H and O–H groups in total. The minimum absolute atomic E-state index is 0.0121. The summed E-state index contributed by atoms with van der Waals surface area (Å²) in [6.07, 6.45) is 1.32. The third-order valence-electron chi connectivity index (χ3n) is 4.09. The Hall–Kier alpha value is -3.46.